The SMILES string of the molecule is CCCc1ccc(N(C)C2CCCNC2)nn1. The van der Waals surface area contributed by atoms with E-state index in [1.165, 1.54) is 12.8 Å². The van der Waals surface area contributed by atoms with Crippen molar-refractivity contribution in [1.82, 2.24) is 15.5 Å². The van der Waals surface area contributed by atoms with Crippen LogP contribution < -0.4 is 10.2 Å². The van der Waals surface area contributed by atoms with Gasteiger partial charge in [0.2, 0.25) is 0 Å². The number of nitrogens with zero attached hydrogens (tertiary/aromatic N) is 3. The molecule has 1 aromatic rings. The zero-order valence-corrected chi connectivity index (χ0v) is 10.8. The number of hydrogen-bond donors (Lipinski definition) is 1. The molecule has 17 heavy (non-hydrogen) atoms. The Labute approximate surface area is 103 Å². The van der Waals surface area contributed by atoms with Crippen LogP contribution in [0.25, 0.3) is 0 Å². The summed E-state index contributed by atoms with van der Waals surface area (Å²) in [6, 6.07) is 4.74. The van der Waals surface area contributed by atoms with Crippen LogP contribution in [0.5, 0.6) is 0 Å². The lowest BCUT2D eigenvalue weighted by Gasteiger charge is -2.32. The maximum absolute atomic E-state index is 4.32. The number of aromatic nitrogens is 2. The molecule has 1 saturated heterocycles. The standard InChI is InChI=1S/C13H22N4/c1-3-5-11-7-8-13(16-15-11)17(2)12-6-4-9-14-10-12/h7-8,12,14H,3-6,9-10H2,1-2H3. The summed E-state index contributed by atoms with van der Waals surface area (Å²) in [7, 11) is 2.11. The summed E-state index contributed by atoms with van der Waals surface area (Å²) in [5.41, 5.74) is 1.09. The highest BCUT2D eigenvalue weighted by Crippen LogP contribution is 2.16. The van der Waals surface area contributed by atoms with Crippen molar-refractivity contribution < 1.29 is 0 Å². The van der Waals surface area contributed by atoms with E-state index in [0.29, 0.717) is 6.04 Å². The molecule has 0 saturated carbocycles. The second kappa shape index (κ2) is 5.96. The molecule has 1 N–H and O–H groups in total. The van der Waals surface area contributed by atoms with E-state index in [1.54, 1.807) is 0 Å². The van der Waals surface area contributed by atoms with Crippen LogP contribution in [0.15, 0.2) is 12.1 Å². The molecular formula is C13H22N4. The molecule has 1 atom stereocenters. The van der Waals surface area contributed by atoms with Gasteiger partial charge in [-0.25, -0.2) is 0 Å². The molecule has 1 aliphatic heterocycles. The van der Waals surface area contributed by atoms with Crippen molar-refractivity contribution >= 4 is 5.82 Å². The molecule has 4 nitrogen and oxygen atoms in total. The summed E-state index contributed by atoms with van der Waals surface area (Å²) >= 11 is 0. The molecule has 0 amide bonds. The largest absolute Gasteiger partial charge is 0.354 e. The third-order valence-corrected chi connectivity index (χ3v) is 3.39. The predicted molar refractivity (Wildman–Crippen MR) is 70.3 cm³/mol. The molecule has 2 heterocycles. The van der Waals surface area contributed by atoms with Gasteiger partial charge in [-0.1, -0.05) is 13.3 Å². The minimum Gasteiger partial charge on any atom is -0.354 e. The zero-order valence-electron chi connectivity index (χ0n) is 10.8. The Bertz CT molecular complexity index is 330. The maximum atomic E-state index is 4.32. The van der Waals surface area contributed by atoms with E-state index in [2.05, 4.69) is 46.5 Å². The average molecular weight is 234 g/mol. The van der Waals surface area contributed by atoms with Gasteiger partial charge < -0.3 is 10.2 Å². The van der Waals surface area contributed by atoms with Gasteiger partial charge in [0.1, 0.15) is 0 Å². The molecule has 2 rings (SSSR count). The van der Waals surface area contributed by atoms with Crippen molar-refractivity contribution in [3.8, 4) is 0 Å². The summed E-state index contributed by atoms with van der Waals surface area (Å²) < 4.78 is 0. The molecule has 0 aromatic carbocycles. The summed E-state index contributed by atoms with van der Waals surface area (Å²) in [6.07, 6.45) is 4.62. The van der Waals surface area contributed by atoms with E-state index >= 15 is 0 Å². The van der Waals surface area contributed by atoms with E-state index in [0.717, 1.165) is 37.4 Å². The molecular weight excluding hydrogens is 212 g/mol. The Morgan fingerprint density at radius 1 is 1.41 bits per heavy atom. The lowest BCUT2D eigenvalue weighted by Crippen LogP contribution is -2.44. The highest BCUT2D eigenvalue weighted by atomic mass is 15.3. The van der Waals surface area contributed by atoms with Crippen LogP contribution in [0.1, 0.15) is 31.9 Å². The molecule has 0 radical (unpaired) electrons. The minimum absolute atomic E-state index is 0.551. The molecule has 1 unspecified atom stereocenters. The van der Waals surface area contributed by atoms with Crippen molar-refractivity contribution in [2.24, 2.45) is 0 Å². The molecule has 1 aliphatic rings. The highest BCUT2D eigenvalue weighted by Gasteiger charge is 2.18. The lowest BCUT2D eigenvalue weighted by molar-refractivity contribution is 0.442. The van der Waals surface area contributed by atoms with Crippen molar-refractivity contribution in [2.75, 3.05) is 25.0 Å². The predicted octanol–water partition coefficient (Wildman–Crippen LogP) is 1.62. The first kappa shape index (κ1) is 12.3. The Kier molecular flexibility index (Phi) is 4.31. The van der Waals surface area contributed by atoms with E-state index in [9.17, 15) is 0 Å². The molecule has 0 bridgehead atoms. The van der Waals surface area contributed by atoms with Crippen molar-refractivity contribution in [1.29, 1.82) is 0 Å². The second-order valence-electron chi connectivity index (χ2n) is 4.74. The quantitative estimate of drug-likeness (QED) is 0.859. The molecule has 1 fully saturated rings. The first-order valence-corrected chi connectivity index (χ1v) is 6.57. The van der Waals surface area contributed by atoms with E-state index < -0.39 is 0 Å². The fraction of sp³-hybridized carbons (Fsp3) is 0.692. The molecule has 0 spiro atoms. The van der Waals surface area contributed by atoms with E-state index in [4.69, 9.17) is 0 Å². The number of nitrogens with one attached hydrogen (secondary N) is 1. The number of aryl methyl sites for hydroxylation is 1. The summed E-state index contributed by atoms with van der Waals surface area (Å²) in [6.45, 7) is 4.36. The number of rotatable bonds is 4. The van der Waals surface area contributed by atoms with E-state index in [-0.39, 0.29) is 0 Å². The summed E-state index contributed by atoms with van der Waals surface area (Å²) in [5.74, 6) is 0.985. The van der Waals surface area contributed by atoms with Crippen molar-refractivity contribution in [3.63, 3.8) is 0 Å². The Morgan fingerprint density at radius 2 is 2.29 bits per heavy atom. The Balaban J connectivity index is 2.00. The van der Waals surface area contributed by atoms with Gasteiger partial charge in [0, 0.05) is 19.6 Å². The first-order valence-electron chi connectivity index (χ1n) is 6.57. The van der Waals surface area contributed by atoms with Crippen LogP contribution in [0.3, 0.4) is 0 Å². The fourth-order valence-corrected chi connectivity index (χ4v) is 2.28. The van der Waals surface area contributed by atoms with Gasteiger partial charge in [-0.3, -0.25) is 0 Å². The minimum atomic E-state index is 0.551. The van der Waals surface area contributed by atoms with Crippen LogP contribution in [-0.4, -0.2) is 36.4 Å². The van der Waals surface area contributed by atoms with Gasteiger partial charge in [-0.05, 0) is 37.9 Å². The van der Waals surface area contributed by atoms with Crippen LogP contribution in [-0.2, 0) is 6.42 Å². The highest BCUT2D eigenvalue weighted by molar-refractivity contribution is 5.37. The van der Waals surface area contributed by atoms with Crippen LogP contribution >= 0.6 is 0 Å². The Morgan fingerprint density at radius 3 is 2.88 bits per heavy atom. The number of anilines is 1. The van der Waals surface area contributed by atoms with E-state index in [1.807, 2.05) is 0 Å². The van der Waals surface area contributed by atoms with Gasteiger partial charge in [-0.15, -0.1) is 5.10 Å². The first-order chi connectivity index (χ1) is 8.31. The monoisotopic (exact) mass is 234 g/mol. The summed E-state index contributed by atoms with van der Waals surface area (Å²) in [4.78, 5) is 2.24. The fourth-order valence-electron chi connectivity index (χ4n) is 2.28. The lowest BCUT2D eigenvalue weighted by atomic mass is 10.1. The van der Waals surface area contributed by atoms with Crippen LogP contribution in [0.2, 0.25) is 0 Å². The number of piperidine rings is 1. The molecule has 4 heteroatoms. The molecule has 1 aromatic heterocycles. The number of hydrogen-bond acceptors (Lipinski definition) is 4. The zero-order chi connectivity index (χ0) is 12.1. The van der Waals surface area contributed by atoms with Crippen molar-refractivity contribution in [2.45, 2.75) is 38.6 Å². The third-order valence-electron chi connectivity index (χ3n) is 3.39. The van der Waals surface area contributed by atoms with Gasteiger partial charge >= 0.3 is 0 Å². The maximum Gasteiger partial charge on any atom is 0.151 e. The third kappa shape index (κ3) is 3.16. The van der Waals surface area contributed by atoms with Gasteiger partial charge in [0.05, 0.1) is 5.69 Å². The number of likely N-dealkylation sites (N-methyl/N-ethyl adjacent to an activating group) is 1. The summed E-state index contributed by atoms with van der Waals surface area (Å²) in [5, 5.41) is 12.0. The van der Waals surface area contributed by atoms with Gasteiger partial charge in [0.15, 0.2) is 5.82 Å². The smallest absolute Gasteiger partial charge is 0.151 e. The molecule has 0 aliphatic carbocycles. The van der Waals surface area contributed by atoms with Crippen LogP contribution in [0.4, 0.5) is 5.82 Å². The van der Waals surface area contributed by atoms with Gasteiger partial charge in [0.25, 0.3) is 0 Å². The van der Waals surface area contributed by atoms with Crippen molar-refractivity contribution in [3.05, 3.63) is 17.8 Å². The second-order valence-corrected chi connectivity index (χ2v) is 4.74. The average Bonchev–Trinajstić information content (AvgIpc) is 2.40. The topological polar surface area (TPSA) is 41.0 Å². The van der Waals surface area contributed by atoms with Gasteiger partial charge in [-0.2, -0.15) is 5.10 Å². The van der Waals surface area contributed by atoms with Crippen LogP contribution in [0, 0.1) is 0 Å². The Hall–Kier alpha value is -1.16. The normalized spacial score (nSPS) is 20.2. The molecule has 94 valence electrons.